The van der Waals surface area contributed by atoms with Crippen LogP contribution >= 0.6 is 0 Å². The summed E-state index contributed by atoms with van der Waals surface area (Å²) in [6.45, 7) is 9.80. The monoisotopic (exact) mass is 332 g/mol. The normalized spacial score (nSPS) is 17.4. The Morgan fingerprint density at radius 3 is 2.58 bits per heavy atom. The second kappa shape index (κ2) is 7.12. The summed E-state index contributed by atoms with van der Waals surface area (Å²) in [6, 6.07) is 1.66. The van der Waals surface area contributed by atoms with Crippen molar-refractivity contribution in [2.75, 3.05) is 26.2 Å². The van der Waals surface area contributed by atoms with Crippen LogP contribution in [0, 0.1) is 12.8 Å². The molecule has 0 aliphatic carbocycles. The predicted octanol–water partition coefficient (Wildman–Crippen LogP) is 1.12. The SMILES string of the molecule is Cc1cc(CN2CCN(C(=O)[C@@H](C(C)C)n3cncn3)CC2)on1. The van der Waals surface area contributed by atoms with Crippen LogP contribution < -0.4 is 0 Å². The van der Waals surface area contributed by atoms with Crippen molar-refractivity contribution in [3.8, 4) is 0 Å². The van der Waals surface area contributed by atoms with E-state index >= 15 is 0 Å². The minimum absolute atomic E-state index is 0.116. The number of amides is 1. The zero-order valence-electron chi connectivity index (χ0n) is 14.4. The number of carbonyl (C=O) groups is 1. The Morgan fingerprint density at radius 2 is 2.04 bits per heavy atom. The van der Waals surface area contributed by atoms with Crippen molar-refractivity contribution in [1.82, 2.24) is 29.7 Å². The quantitative estimate of drug-likeness (QED) is 0.816. The van der Waals surface area contributed by atoms with Crippen LogP contribution in [0.1, 0.15) is 31.3 Å². The third kappa shape index (κ3) is 3.64. The van der Waals surface area contributed by atoms with Gasteiger partial charge in [0.25, 0.3) is 0 Å². The number of carbonyl (C=O) groups excluding carboxylic acids is 1. The van der Waals surface area contributed by atoms with Crippen molar-refractivity contribution in [3.05, 3.63) is 30.2 Å². The van der Waals surface area contributed by atoms with Crippen molar-refractivity contribution in [2.45, 2.75) is 33.4 Å². The average Bonchev–Trinajstić information content (AvgIpc) is 3.20. The summed E-state index contributed by atoms with van der Waals surface area (Å²) in [7, 11) is 0. The topological polar surface area (TPSA) is 80.3 Å². The molecule has 3 rings (SSSR count). The van der Waals surface area contributed by atoms with Crippen LogP contribution in [0.2, 0.25) is 0 Å². The molecule has 8 nitrogen and oxygen atoms in total. The first-order valence-corrected chi connectivity index (χ1v) is 8.32. The van der Waals surface area contributed by atoms with Crippen molar-refractivity contribution >= 4 is 5.91 Å². The molecule has 0 radical (unpaired) electrons. The highest BCUT2D eigenvalue weighted by Crippen LogP contribution is 2.20. The molecule has 24 heavy (non-hydrogen) atoms. The van der Waals surface area contributed by atoms with E-state index in [-0.39, 0.29) is 17.9 Å². The van der Waals surface area contributed by atoms with Crippen LogP contribution in [0.5, 0.6) is 0 Å². The summed E-state index contributed by atoms with van der Waals surface area (Å²) in [5.41, 5.74) is 0.895. The highest BCUT2D eigenvalue weighted by molar-refractivity contribution is 5.80. The fourth-order valence-electron chi connectivity index (χ4n) is 3.09. The van der Waals surface area contributed by atoms with Gasteiger partial charge in [0.2, 0.25) is 5.91 Å². The van der Waals surface area contributed by atoms with Gasteiger partial charge in [-0.3, -0.25) is 9.69 Å². The molecule has 2 aromatic heterocycles. The number of rotatable bonds is 5. The van der Waals surface area contributed by atoms with Crippen molar-refractivity contribution < 1.29 is 9.32 Å². The van der Waals surface area contributed by atoms with Gasteiger partial charge in [-0.2, -0.15) is 5.10 Å². The van der Waals surface area contributed by atoms with E-state index in [1.165, 1.54) is 6.33 Å². The molecular weight excluding hydrogens is 308 g/mol. The second-order valence-corrected chi connectivity index (χ2v) is 6.60. The fraction of sp³-hybridized carbons (Fsp3) is 0.625. The van der Waals surface area contributed by atoms with Gasteiger partial charge in [-0.1, -0.05) is 19.0 Å². The third-order valence-corrected chi connectivity index (χ3v) is 4.35. The summed E-state index contributed by atoms with van der Waals surface area (Å²) in [6.07, 6.45) is 3.09. The molecule has 130 valence electrons. The van der Waals surface area contributed by atoms with E-state index in [0.717, 1.165) is 31.1 Å². The van der Waals surface area contributed by atoms with E-state index in [4.69, 9.17) is 4.52 Å². The first-order valence-electron chi connectivity index (χ1n) is 8.32. The standard InChI is InChI=1S/C16H24N6O2/c1-12(2)15(22-11-17-10-18-22)16(23)21-6-4-20(5-7-21)9-14-8-13(3)19-24-14/h8,10-12,15H,4-7,9H2,1-3H3/t15-/m1/s1. The van der Waals surface area contributed by atoms with Gasteiger partial charge in [0.05, 0.1) is 12.2 Å². The van der Waals surface area contributed by atoms with E-state index in [1.807, 2.05) is 31.7 Å². The molecule has 3 heterocycles. The molecule has 1 aliphatic rings. The maximum Gasteiger partial charge on any atom is 0.247 e. The third-order valence-electron chi connectivity index (χ3n) is 4.35. The van der Waals surface area contributed by atoms with Gasteiger partial charge in [-0.15, -0.1) is 0 Å². The molecule has 0 bridgehead atoms. The summed E-state index contributed by atoms with van der Waals surface area (Å²) < 4.78 is 6.93. The maximum atomic E-state index is 12.9. The first-order chi connectivity index (χ1) is 11.5. The maximum absolute atomic E-state index is 12.9. The number of nitrogens with zero attached hydrogens (tertiary/aromatic N) is 6. The molecular formula is C16H24N6O2. The molecule has 1 fully saturated rings. The van der Waals surface area contributed by atoms with Gasteiger partial charge >= 0.3 is 0 Å². The smallest absolute Gasteiger partial charge is 0.247 e. The molecule has 1 aliphatic heterocycles. The summed E-state index contributed by atoms with van der Waals surface area (Å²) >= 11 is 0. The molecule has 0 N–H and O–H groups in total. The van der Waals surface area contributed by atoms with Gasteiger partial charge in [0.1, 0.15) is 18.7 Å². The van der Waals surface area contributed by atoms with Crippen LogP contribution in [0.4, 0.5) is 0 Å². The number of hydrogen-bond acceptors (Lipinski definition) is 6. The van der Waals surface area contributed by atoms with Gasteiger partial charge in [0, 0.05) is 32.2 Å². The highest BCUT2D eigenvalue weighted by Gasteiger charge is 2.31. The minimum Gasteiger partial charge on any atom is -0.360 e. The molecule has 0 unspecified atom stereocenters. The Bertz CT molecular complexity index is 658. The molecule has 1 atom stereocenters. The van der Waals surface area contributed by atoms with E-state index in [0.29, 0.717) is 13.1 Å². The predicted molar refractivity (Wildman–Crippen MR) is 87.0 cm³/mol. The van der Waals surface area contributed by atoms with E-state index < -0.39 is 0 Å². The molecule has 1 saturated heterocycles. The lowest BCUT2D eigenvalue weighted by Crippen LogP contribution is -2.50. The van der Waals surface area contributed by atoms with Crippen molar-refractivity contribution in [2.24, 2.45) is 5.92 Å². The Kier molecular flexibility index (Phi) is 4.94. The largest absolute Gasteiger partial charge is 0.360 e. The lowest BCUT2D eigenvalue weighted by Gasteiger charge is -2.36. The number of aromatic nitrogens is 4. The number of hydrogen-bond donors (Lipinski definition) is 0. The zero-order valence-corrected chi connectivity index (χ0v) is 14.4. The van der Waals surface area contributed by atoms with Crippen LogP contribution in [0.3, 0.4) is 0 Å². The van der Waals surface area contributed by atoms with Gasteiger partial charge in [-0.05, 0) is 12.8 Å². The van der Waals surface area contributed by atoms with E-state index in [2.05, 4.69) is 20.1 Å². The van der Waals surface area contributed by atoms with Gasteiger partial charge < -0.3 is 9.42 Å². The van der Waals surface area contributed by atoms with Crippen LogP contribution in [-0.4, -0.2) is 61.8 Å². The Morgan fingerprint density at radius 1 is 1.29 bits per heavy atom. The zero-order chi connectivity index (χ0) is 17.1. The highest BCUT2D eigenvalue weighted by atomic mass is 16.5. The van der Waals surface area contributed by atoms with Crippen molar-refractivity contribution in [1.29, 1.82) is 0 Å². The van der Waals surface area contributed by atoms with Gasteiger partial charge in [0.15, 0.2) is 5.76 Å². The van der Waals surface area contributed by atoms with Crippen LogP contribution in [-0.2, 0) is 11.3 Å². The molecule has 2 aromatic rings. The van der Waals surface area contributed by atoms with Crippen molar-refractivity contribution in [3.63, 3.8) is 0 Å². The Balaban J connectivity index is 1.58. The van der Waals surface area contributed by atoms with Crippen LogP contribution in [0.25, 0.3) is 0 Å². The lowest BCUT2D eigenvalue weighted by molar-refractivity contribution is -0.138. The van der Waals surface area contributed by atoms with Gasteiger partial charge in [-0.25, -0.2) is 9.67 Å². The summed E-state index contributed by atoms with van der Waals surface area (Å²) in [5.74, 6) is 1.15. The average molecular weight is 332 g/mol. The molecule has 0 spiro atoms. The number of aryl methyl sites for hydroxylation is 1. The first kappa shape index (κ1) is 16.6. The lowest BCUT2D eigenvalue weighted by atomic mass is 10.0. The minimum atomic E-state index is -0.295. The summed E-state index contributed by atoms with van der Waals surface area (Å²) in [5, 5.41) is 8.07. The summed E-state index contributed by atoms with van der Waals surface area (Å²) in [4.78, 5) is 21.1. The fourth-order valence-corrected chi connectivity index (χ4v) is 3.09. The molecule has 0 aromatic carbocycles. The molecule has 1 amide bonds. The molecule has 0 saturated carbocycles. The number of piperazine rings is 1. The second-order valence-electron chi connectivity index (χ2n) is 6.60. The Labute approximate surface area is 141 Å². The molecule has 8 heteroatoms. The van der Waals surface area contributed by atoms with E-state index in [1.54, 1.807) is 11.0 Å². The van der Waals surface area contributed by atoms with E-state index in [9.17, 15) is 4.79 Å². The van der Waals surface area contributed by atoms with Crippen LogP contribution in [0.15, 0.2) is 23.2 Å². The Hall–Kier alpha value is -2.22.